The van der Waals surface area contributed by atoms with Gasteiger partial charge in [0.15, 0.2) is 0 Å². The van der Waals surface area contributed by atoms with Crippen molar-refractivity contribution < 1.29 is 8.23 Å². The van der Waals surface area contributed by atoms with Crippen LogP contribution in [0.1, 0.15) is 0 Å². The molecule has 0 spiro atoms. The van der Waals surface area contributed by atoms with Crippen LogP contribution >= 0.6 is 0 Å². The fraction of sp³-hybridized carbons (Fsp3) is 0.143. The average Bonchev–Trinajstić information content (AvgIpc) is 2.14. The highest BCUT2D eigenvalue weighted by molar-refractivity contribution is 6.91. The second-order valence-corrected chi connectivity index (χ2v) is 9.28. The summed E-state index contributed by atoms with van der Waals surface area (Å²) in [5.74, 6) is 0. The maximum atomic E-state index is 5.77. The summed E-state index contributed by atoms with van der Waals surface area (Å²) in [5, 5.41) is 0. The molecule has 12 heavy (non-hydrogen) atoms. The Bertz CT molecular complexity index is 160. The van der Waals surface area contributed by atoms with E-state index in [0.29, 0.717) is 0 Å². The van der Waals surface area contributed by atoms with Crippen LogP contribution < -0.4 is 0 Å². The van der Waals surface area contributed by atoms with Gasteiger partial charge in [-0.15, -0.1) is 19.7 Å². The summed E-state index contributed by atoms with van der Waals surface area (Å²) in [7, 11) is -2.77. The molecule has 0 amide bonds. The Morgan fingerprint density at radius 2 is 1.67 bits per heavy atom. The van der Waals surface area contributed by atoms with E-state index in [4.69, 9.17) is 8.23 Å². The third-order valence-corrected chi connectivity index (χ3v) is 9.19. The maximum Gasteiger partial charge on any atom is 0.297 e. The zero-order valence-corrected chi connectivity index (χ0v) is 11.9. The molecule has 0 aromatic carbocycles. The minimum Gasteiger partial charge on any atom is -0.447 e. The first-order valence-electron chi connectivity index (χ1n) is 3.75. The highest BCUT2D eigenvalue weighted by atomic mass is 28.4. The van der Waals surface area contributed by atoms with Crippen LogP contribution in [0.3, 0.4) is 0 Å². The normalized spacial score (nSPS) is 13.8. The van der Waals surface area contributed by atoms with Crippen LogP contribution in [-0.2, 0) is 8.23 Å². The second-order valence-electron chi connectivity index (χ2n) is 2.39. The first-order chi connectivity index (χ1) is 5.64. The molecule has 0 bridgehead atoms. The monoisotopic (exact) mass is 216 g/mol. The average molecular weight is 216 g/mol. The molecule has 2 nitrogen and oxygen atoms in total. The van der Waals surface area contributed by atoms with Crippen molar-refractivity contribution in [3.8, 4) is 0 Å². The van der Waals surface area contributed by atoms with Gasteiger partial charge in [-0.3, -0.25) is 0 Å². The summed E-state index contributed by atoms with van der Waals surface area (Å²) < 4.78 is 11.0. The van der Waals surface area contributed by atoms with Crippen molar-refractivity contribution in [2.24, 2.45) is 0 Å². The van der Waals surface area contributed by atoms with Crippen molar-refractivity contribution in [2.75, 3.05) is 0 Å². The summed E-state index contributed by atoms with van der Waals surface area (Å²) >= 11 is 0. The van der Waals surface area contributed by atoms with E-state index < -0.39 is 17.6 Å². The molecule has 1 unspecified atom stereocenters. The molecule has 1 atom stereocenters. The van der Waals surface area contributed by atoms with Gasteiger partial charge in [0, 0.05) is 0 Å². The summed E-state index contributed by atoms with van der Waals surface area (Å²) in [5.41, 5.74) is 5.45. The van der Waals surface area contributed by atoms with Gasteiger partial charge >= 0.3 is 0 Å². The lowest BCUT2D eigenvalue weighted by Gasteiger charge is -2.23. The molecule has 0 aromatic heterocycles. The first kappa shape index (κ1) is 11.8. The highest BCUT2D eigenvalue weighted by Crippen LogP contribution is 2.10. The molecule has 0 aliphatic carbocycles. The molecule has 68 valence electrons. The van der Waals surface area contributed by atoms with Gasteiger partial charge in [-0.05, 0) is 6.55 Å². The predicted octanol–water partition coefficient (Wildman–Crippen LogP) is 0.271. The molecule has 0 aromatic rings. The van der Waals surface area contributed by atoms with Crippen LogP contribution in [0.4, 0.5) is 0 Å². The lowest BCUT2D eigenvalue weighted by molar-refractivity contribution is 0.460. The molecule has 0 radical (unpaired) electrons. The van der Waals surface area contributed by atoms with E-state index in [9.17, 15) is 0 Å². The van der Waals surface area contributed by atoms with Gasteiger partial charge in [0.2, 0.25) is 0 Å². The topological polar surface area (TPSA) is 18.5 Å². The van der Waals surface area contributed by atoms with Crippen molar-refractivity contribution in [3.05, 3.63) is 36.8 Å². The minimum absolute atomic E-state index is 0.730. The van der Waals surface area contributed by atoms with Gasteiger partial charge in [0.05, 0.1) is 0 Å². The Morgan fingerprint density at radius 3 is 1.92 bits per heavy atom. The summed E-state index contributed by atoms with van der Waals surface area (Å²) in [6.07, 6.45) is 0. The molecule has 0 aliphatic rings. The van der Waals surface area contributed by atoms with Crippen LogP contribution in [0.25, 0.3) is 0 Å². The largest absolute Gasteiger partial charge is 0.447 e. The Balaban J connectivity index is 4.39. The molecule has 0 aliphatic heterocycles. The van der Waals surface area contributed by atoms with Crippen molar-refractivity contribution in [2.45, 2.75) is 6.55 Å². The van der Waals surface area contributed by atoms with E-state index in [1.807, 2.05) is 23.6 Å². The van der Waals surface area contributed by atoms with Gasteiger partial charge < -0.3 is 8.23 Å². The first-order valence-corrected chi connectivity index (χ1v) is 8.81. The lowest BCUT2D eigenvalue weighted by atomic mass is 11.2. The van der Waals surface area contributed by atoms with Crippen molar-refractivity contribution in [1.82, 2.24) is 0 Å². The molecule has 5 heteroatoms. The van der Waals surface area contributed by atoms with Crippen molar-refractivity contribution in [3.63, 3.8) is 0 Å². The molecule has 0 heterocycles. The SMILES string of the molecule is C=C[Si](C=C)(C=C)O[SiH](C)O[SiH3]. The number of hydrogen-bond acceptors (Lipinski definition) is 2. The maximum absolute atomic E-state index is 5.77. The van der Waals surface area contributed by atoms with Crippen molar-refractivity contribution >= 4 is 28.1 Å². The Hall–Kier alpha value is -0.209. The number of hydrogen-bond donors (Lipinski definition) is 0. The molecular formula is C7H16O2Si3. The van der Waals surface area contributed by atoms with Crippen LogP contribution in [-0.4, -0.2) is 28.1 Å². The van der Waals surface area contributed by atoms with Crippen LogP contribution in [0.5, 0.6) is 0 Å². The number of rotatable bonds is 6. The van der Waals surface area contributed by atoms with E-state index in [0.717, 1.165) is 10.5 Å². The van der Waals surface area contributed by atoms with E-state index in [1.165, 1.54) is 0 Å². The Kier molecular flexibility index (Phi) is 5.34. The Labute approximate surface area is 80.1 Å². The van der Waals surface area contributed by atoms with Crippen LogP contribution in [0.2, 0.25) is 6.55 Å². The summed E-state index contributed by atoms with van der Waals surface area (Å²) in [6.45, 7) is 13.2. The van der Waals surface area contributed by atoms with E-state index in [1.54, 1.807) is 0 Å². The quantitative estimate of drug-likeness (QED) is 0.594. The standard InChI is InChI=1S/C7H16O2Si3/c1-5-12(6-2,7-3)9-11(4)8-10/h5-7,11H,1-3H2,4,10H3. The molecular weight excluding hydrogens is 200 g/mol. The summed E-state index contributed by atoms with van der Waals surface area (Å²) in [4.78, 5) is 0. The third kappa shape index (κ3) is 3.03. The fourth-order valence-electron chi connectivity index (χ4n) is 0.730. The van der Waals surface area contributed by atoms with Gasteiger partial charge in [-0.1, -0.05) is 17.1 Å². The molecule has 0 N–H and O–H groups in total. The van der Waals surface area contributed by atoms with E-state index >= 15 is 0 Å². The van der Waals surface area contributed by atoms with E-state index in [2.05, 4.69) is 19.7 Å². The highest BCUT2D eigenvalue weighted by Gasteiger charge is 2.26. The van der Waals surface area contributed by atoms with Crippen LogP contribution in [0, 0.1) is 0 Å². The smallest absolute Gasteiger partial charge is 0.297 e. The van der Waals surface area contributed by atoms with Crippen LogP contribution in [0.15, 0.2) is 36.8 Å². The lowest BCUT2D eigenvalue weighted by Crippen LogP contribution is -2.38. The Morgan fingerprint density at radius 1 is 1.25 bits per heavy atom. The van der Waals surface area contributed by atoms with Crippen molar-refractivity contribution in [1.29, 1.82) is 0 Å². The zero-order chi connectivity index (χ0) is 9.61. The predicted molar refractivity (Wildman–Crippen MR) is 61.5 cm³/mol. The fourth-order valence-corrected chi connectivity index (χ4v) is 5.94. The second kappa shape index (κ2) is 5.44. The molecule has 0 saturated heterocycles. The molecule has 0 saturated carbocycles. The zero-order valence-electron chi connectivity index (χ0n) is 7.75. The van der Waals surface area contributed by atoms with Gasteiger partial charge in [-0.25, -0.2) is 0 Å². The van der Waals surface area contributed by atoms with Gasteiger partial charge in [0.25, 0.3) is 17.6 Å². The van der Waals surface area contributed by atoms with E-state index in [-0.39, 0.29) is 0 Å². The minimum atomic E-state index is -2.05. The van der Waals surface area contributed by atoms with Gasteiger partial charge in [0.1, 0.15) is 10.5 Å². The molecule has 0 rings (SSSR count). The van der Waals surface area contributed by atoms with Gasteiger partial charge in [-0.2, -0.15) is 0 Å². The third-order valence-electron chi connectivity index (χ3n) is 1.66. The summed E-state index contributed by atoms with van der Waals surface area (Å²) in [6, 6.07) is 0. The molecule has 0 fully saturated rings.